The van der Waals surface area contributed by atoms with Crippen molar-refractivity contribution < 1.29 is 43.2 Å². The molecule has 10 nitrogen and oxygen atoms in total. The molecule has 0 aliphatic carbocycles. The van der Waals surface area contributed by atoms with Gasteiger partial charge in [-0.05, 0) is 24.6 Å². The predicted molar refractivity (Wildman–Crippen MR) is 122 cm³/mol. The molecule has 10 heteroatoms. The van der Waals surface area contributed by atoms with E-state index in [0.29, 0.717) is 5.56 Å². The summed E-state index contributed by atoms with van der Waals surface area (Å²) in [6.07, 6.45) is -1.84. The van der Waals surface area contributed by atoms with Crippen LogP contribution in [0.5, 0.6) is 17.2 Å². The Morgan fingerprint density at radius 3 is 2.37 bits per heavy atom. The van der Waals surface area contributed by atoms with Crippen LogP contribution in [0, 0.1) is 0 Å². The first-order valence-electron chi connectivity index (χ1n) is 10.9. The van der Waals surface area contributed by atoms with E-state index in [4.69, 9.17) is 23.4 Å². The fourth-order valence-electron chi connectivity index (χ4n) is 4.03. The maximum Gasteiger partial charge on any atom is 0.303 e. The molecular weight excluding hydrogens is 460 g/mol. The van der Waals surface area contributed by atoms with Crippen LogP contribution in [-0.2, 0) is 23.8 Å². The normalized spacial score (nSPS) is 21.9. The van der Waals surface area contributed by atoms with Gasteiger partial charge in [-0.2, -0.15) is 0 Å². The van der Waals surface area contributed by atoms with Crippen molar-refractivity contribution in [1.82, 2.24) is 0 Å². The highest BCUT2D eigenvalue weighted by atomic mass is 16.7. The highest BCUT2D eigenvalue weighted by Gasteiger charge is 2.42. The van der Waals surface area contributed by atoms with Crippen LogP contribution in [0.1, 0.15) is 27.2 Å². The van der Waals surface area contributed by atoms with Crippen molar-refractivity contribution in [2.75, 3.05) is 0 Å². The van der Waals surface area contributed by atoms with Crippen LogP contribution in [-0.4, -0.2) is 46.8 Å². The Bertz CT molecular complexity index is 1310. The molecule has 2 N–H and O–H groups in total. The molecule has 0 bridgehead atoms. The fourth-order valence-corrected chi connectivity index (χ4v) is 4.03. The number of benzene rings is 2. The molecule has 1 aromatic heterocycles. The Hall–Kier alpha value is -4.05. The van der Waals surface area contributed by atoms with E-state index >= 15 is 0 Å². The van der Waals surface area contributed by atoms with E-state index in [2.05, 4.69) is 0 Å². The third-order valence-corrected chi connectivity index (χ3v) is 5.52. The number of ether oxygens (including phenoxy) is 4. The van der Waals surface area contributed by atoms with Gasteiger partial charge in [-0.25, -0.2) is 0 Å². The van der Waals surface area contributed by atoms with Gasteiger partial charge in [-0.1, -0.05) is 12.1 Å². The van der Waals surface area contributed by atoms with Gasteiger partial charge in [0.05, 0.1) is 18.1 Å². The number of hydrogen-bond acceptors (Lipinski definition) is 10. The maximum atomic E-state index is 13.0. The van der Waals surface area contributed by atoms with Gasteiger partial charge in [-0.3, -0.25) is 14.4 Å². The number of phenols is 2. The summed E-state index contributed by atoms with van der Waals surface area (Å²) in [7, 11) is 0. The molecule has 35 heavy (non-hydrogen) atoms. The molecule has 1 saturated heterocycles. The molecule has 4 rings (SSSR count). The van der Waals surface area contributed by atoms with Crippen molar-refractivity contribution in [1.29, 1.82) is 0 Å². The molecule has 1 fully saturated rings. The van der Waals surface area contributed by atoms with Gasteiger partial charge in [0.2, 0.25) is 11.7 Å². The zero-order chi connectivity index (χ0) is 25.3. The third-order valence-electron chi connectivity index (χ3n) is 5.52. The lowest BCUT2D eigenvalue weighted by Crippen LogP contribution is -2.52. The number of phenolic OH excluding ortho intramolecular Hbond substituents is 2. The molecule has 0 unspecified atom stereocenters. The first kappa shape index (κ1) is 24.1. The Morgan fingerprint density at radius 2 is 1.71 bits per heavy atom. The highest BCUT2D eigenvalue weighted by molar-refractivity contribution is 5.88. The number of esters is 2. The minimum absolute atomic E-state index is 0.0337. The number of hydrogen-bond donors (Lipinski definition) is 2. The molecule has 184 valence electrons. The van der Waals surface area contributed by atoms with E-state index in [1.807, 2.05) is 0 Å². The maximum absolute atomic E-state index is 13.0. The summed E-state index contributed by atoms with van der Waals surface area (Å²) in [5.41, 5.74) is 0.363. The van der Waals surface area contributed by atoms with E-state index in [0.717, 1.165) is 0 Å². The average Bonchev–Trinajstić information content (AvgIpc) is 2.76. The summed E-state index contributed by atoms with van der Waals surface area (Å²) in [4.78, 5) is 36.0. The molecule has 0 amide bonds. The Kier molecular flexibility index (Phi) is 6.65. The van der Waals surface area contributed by atoms with Crippen molar-refractivity contribution in [3.05, 3.63) is 52.9 Å². The molecule has 2 heterocycles. The first-order valence-corrected chi connectivity index (χ1v) is 10.9. The molecule has 3 aromatic rings. The summed E-state index contributed by atoms with van der Waals surface area (Å²) in [5, 5.41) is 20.0. The van der Waals surface area contributed by atoms with Gasteiger partial charge < -0.3 is 33.6 Å². The summed E-state index contributed by atoms with van der Waals surface area (Å²) in [6, 6.07) is 8.70. The number of carbonyl (C=O) groups excluding carboxylic acids is 2. The lowest BCUT2D eigenvalue weighted by Gasteiger charge is -2.38. The standard InChI is InChI=1S/C25H24O10/c1-12-25(34-14(3)27)21(33-13(2)26)10-22(32-12)35-17-8-19(29)23-20(9-17)31-11-18(24(23)30)15-4-6-16(28)7-5-15/h4-9,11-12,21-22,25,28-29H,10H2,1-3H3/t12-,21-,22+,25-/m0/s1. The zero-order valence-corrected chi connectivity index (χ0v) is 19.2. The highest BCUT2D eigenvalue weighted by Crippen LogP contribution is 2.33. The third kappa shape index (κ3) is 5.22. The van der Waals surface area contributed by atoms with Crippen molar-refractivity contribution in [3.8, 4) is 28.4 Å². The van der Waals surface area contributed by atoms with E-state index in [1.165, 1.54) is 44.4 Å². The molecule has 4 atom stereocenters. The number of fused-ring (bicyclic) bond motifs is 1. The van der Waals surface area contributed by atoms with E-state index in [1.54, 1.807) is 19.1 Å². The van der Waals surface area contributed by atoms with Crippen LogP contribution >= 0.6 is 0 Å². The van der Waals surface area contributed by atoms with Gasteiger partial charge in [0.15, 0.2) is 6.10 Å². The van der Waals surface area contributed by atoms with E-state index < -0.39 is 42.0 Å². The minimum atomic E-state index is -0.902. The number of carbonyl (C=O) groups is 2. The molecule has 1 aliphatic heterocycles. The van der Waals surface area contributed by atoms with Crippen LogP contribution in [0.3, 0.4) is 0 Å². The van der Waals surface area contributed by atoms with Gasteiger partial charge in [-0.15, -0.1) is 0 Å². The van der Waals surface area contributed by atoms with Crippen LogP contribution in [0.25, 0.3) is 22.1 Å². The largest absolute Gasteiger partial charge is 0.508 e. The topological polar surface area (TPSA) is 142 Å². The molecular formula is C25H24O10. The Morgan fingerprint density at radius 1 is 1.03 bits per heavy atom. The van der Waals surface area contributed by atoms with Crippen molar-refractivity contribution in [2.45, 2.75) is 51.8 Å². The SMILES string of the molecule is CC(=O)O[C@H]1[C@H](C)O[C@H](Oc2cc(O)c3c(=O)c(-c4ccc(O)cc4)coc3c2)C[C@@H]1OC(C)=O. The summed E-state index contributed by atoms with van der Waals surface area (Å²) >= 11 is 0. The minimum Gasteiger partial charge on any atom is -0.508 e. The van der Waals surface area contributed by atoms with Crippen molar-refractivity contribution in [3.63, 3.8) is 0 Å². The average molecular weight is 484 g/mol. The van der Waals surface area contributed by atoms with Crippen LogP contribution in [0.4, 0.5) is 0 Å². The zero-order valence-electron chi connectivity index (χ0n) is 19.2. The fraction of sp³-hybridized carbons (Fsp3) is 0.320. The molecule has 2 aromatic carbocycles. The summed E-state index contributed by atoms with van der Waals surface area (Å²) in [6.45, 7) is 4.15. The van der Waals surface area contributed by atoms with E-state index in [-0.39, 0.29) is 40.2 Å². The summed E-state index contributed by atoms with van der Waals surface area (Å²) in [5.74, 6) is -1.24. The molecule has 0 saturated carbocycles. The monoisotopic (exact) mass is 484 g/mol. The van der Waals surface area contributed by atoms with Gasteiger partial charge in [0, 0.05) is 26.0 Å². The van der Waals surface area contributed by atoms with Crippen LogP contribution < -0.4 is 10.2 Å². The lowest BCUT2D eigenvalue weighted by atomic mass is 10.0. The Balaban J connectivity index is 1.60. The second kappa shape index (κ2) is 9.67. The van der Waals surface area contributed by atoms with Gasteiger partial charge in [0.25, 0.3) is 0 Å². The molecule has 0 spiro atoms. The van der Waals surface area contributed by atoms with Gasteiger partial charge in [0.1, 0.15) is 40.6 Å². The second-order valence-electron chi connectivity index (χ2n) is 8.19. The van der Waals surface area contributed by atoms with E-state index in [9.17, 15) is 24.6 Å². The lowest BCUT2D eigenvalue weighted by molar-refractivity contribution is -0.233. The second-order valence-corrected chi connectivity index (χ2v) is 8.19. The summed E-state index contributed by atoms with van der Waals surface area (Å²) < 4.78 is 27.8. The smallest absolute Gasteiger partial charge is 0.303 e. The quantitative estimate of drug-likeness (QED) is 0.518. The molecule has 1 aliphatic rings. The van der Waals surface area contributed by atoms with Crippen molar-refractivity contribution >= 4 is 22.9 Å². The van der Waals surface area contributed by atoms with Crippen LogP contribution in [0.2, 0.25) is 0 Å². The number of aromatic hydroxyl groups is 2. The predicted octanol–water partition coefficient (Wildman–Crippen LogP) is 3.25. The van der Waals surface area contributed by atoms with Gasteiger partial charge >= 0.3 is 11.9 Å². The first-order chi connectivity index (χ1) is 16.6. The van der Waals surface area contributed by atoms with Crippen LogP contribution in [0.15, 0.2) is 51.9 Å². The number of rotatable bonds is 5. The molecule has 0 radical (unpaired) electrons. The Labute approximate surface area is 199 Å². The van der Waals surface area contributed by atoms with Crippen molar-refractivity contribution in [2.24, 2.45) is 0 Å².